The molecule has 74 valence electrons. The molecule has 0 spiro atoms. The van der Waals surface area contributed by atoms with E-state index in [9.17, 15) is 4.79 Å². The highest BCUT2D eigenvalue weighted by atomic mass is 32.1. The van der Waals surface area contributed by atoms with Crippen LogP contribution in [0.5, 0.6) is 0 Å². The number of thiophene rings is 1. The second-order valence-electron chi connectivity index (χ2n) is 3.04. The summed E-state index contributed by atoms with van der Waals surface area (Å²) in [6.07, 6.45) is 0. The van der Waals surface area contributed by atoms with Crippen molar-refractivity contribution in [3.05, 3.63) is 22.4 Å². The Morgan fingerprint density at radius 2 is 2.50 bits per heavy atom. The third-order valence-electron chi connectivity index (χ3n) is 1.92. The lowest BCUT2D eigenvalue weighted by Crippen LogP contribution is -2.25. The summed E-state index contributed by atoms with van der Waals surface area (Å²) in [6, 6.07) is 2.08. The number of hydrogen-bond donors (Lipinski definition) is 1. The first-order valence-electron chi connectivity index (χ1n) is 4.46. The van der Waals surface area contributed by atoms with Crippen molar-refractivity contribution >= 4 is 17.2 Å². The Morgan fingerprint density at radius 1 is 1.71 bits per heavy atom. The van der Waals surface area contributed by atoms with Crippen LogP contribution in [0, 0.1) is 11.8 Å². The van der Waals surface area contributed by atoms with Crippen molar-refractivity contribution in [3.63, 3.8) is 0 Å². The molecule has 1 amide bonds. The number of carbonyl (C=O) groups excluding carboxylic acids is 1. The molecule has 1 unspecified atom stereocenters. The zero-order valence-electron chi connectivity index (χ0n) is 8.33. The molecule has 0 aromatic carbocycles. The number of amides is 1. The van der Waals surface area contributed by atoms with Gasteiger partial charge in [-0.25, -0.2) is 0 Å². The molecule has 0 aliphatic rings. The van der Waals surface area contributed by atoms with Crippen LogP contribution in [-0.2, 0) is 4.79 Å². The number of rotatable bonds is 3. The minimum absolute atomic E-state index is 0.199. The van der Waals surface area contributed by atoms with Crippen molar-refractivity contribution in [3.8, 4) is 11.8 Å². The molecule has 0 fully saturated rings. The van der Waals surface area contributed by atoms with Gasteiger partial charge in [-0.3, -0.25) is 4.79 Å². The average Bonchev–Trinajstić information content (AvgIpc) is 2.67. The molecule has 0 bridgehead atoms. The Kier molecular flexibility index (Phi) is 4.21. The molecule has 1 aromatic rings. The fourth-order valence-corrected chi connectivity index (χ4v) is 1.86. The van der Waals surface area contributed by atoms with Gasteiger partial charge in [0.05, 0.1) is 0 Å². The Morgan fingerprint density at radius 3 is 3.07 bits per heavy atom. The van der Waals surface area contributed by atoms with E-state index in [2.05, 4.69) is 35.5 Å². The lowest BCUT2D eigenvalue weighted by Gasteiger charge is -2.08. The Hall–Kier alpha value is -1.27. The van der Waals surface area contributed by atoms with E-state index in [1.165, 1.54) is 5.56 Å². The summed E-state index contributed by atoms with van der Waals surface area (Å²) in [7, 11) is 0. The van der Waals surface area contributed by atoms with Crippen LogP contribution < -0.4 is 5.32 Å². The van der Waals surface area contributed by atoms with E-state index < -0.39 is 0 Å². The van der Waals surface area contributed by atoms with Gasteiger partial charge in [-0.2, -0.15) is 11.3 Å². The maximum atomic E-state index is 11.0. The Labute approximate surface area is 88.3 Å². The van der Waals surface area contributed by atoms with Gasteiger partial charge in [0.15, 0.2) is 0 Å². The molecule has 1 atom stereocenters. The monoisotopic (exact) mass is 207 g/mol. The summed E-state index contributed by atoms with van der Waals surface area (Å²) >= 11 is 1.67. The van der Waals surface area contributed by atoms with Crippen LogP contribution >= 0.6 is 11.3 Å². The minimum atomic E-state index is -0.199. The summed E-state index contributed by atoms with van der Waals surface area (Å²) in [5.74, 6) is 5.17. The molecule has 1 aromatic heterocycles. The minimum Gasteiger partial charge on any atom is -0.345 e. The van der Waals surface area contributed by atoms with Crippen LogP contribution in [0.4, 0.5) is 0 Å². The van der Waals surface area contributed by atoms with Gasteiger partial charge in [-0.1, -0.05) is 12.8 Å². The highest BCUT2D eigenvalue weighted by molar-refractivity contribution is 7.07. The number of carbonyl (C=O) groups is 1. The van der Waals surface area contributed by atoms with Gasteiger partial charge in [0.1, 0.15) is 0 Å². The first-order chi connectivity index (χ1) is 6.74. The van der Waals surface area contributed by atoms with Crippen LogP contribution in [0.2, 0.25) is 0 Å². The lowest BCUT2D eigenvalue weighted by atomic mass is 10.1. The fourth-order valence-electron chi connectivity index (χ4n) is 1.08. The Bertz CT molecular complexity index is 345. The van der Waals surface area contributed by atoms with Gasteiger partial charge in [0, 0.05) is 6.54 Å². The van der Waals surface area contributed by atoms with Crippen LogP contribution in [0.1, 0.15) is 25.3 Å². The van der Waals surface area contributed by atoms with Crippen molar-refractivity contribution < 1.29 is 4.79 Å². The van der Waals surface area contributed by atoms with Gasteiger partial charge < -0.3 is 5.32 Å². The zero-order chi connectivity index (χ0) is 10.4. The van der Waals surface area contributed by atoms with Gasteiger partial charge in [-0.15, -0.1) is 0 Å². The van der Waals surface area contributed by atoms with Gasteiger partial charge >= 0.3 is 0 Å². The van der Waals surface area contributed by atoms with Crippen LogP contribution in [-0.4, -0.2) is 12.5 Å². The van der Waals surface area contributed by atoms with E-state index in [1.807, 2.05) is 5.38 Å². The number of nitrogens with one attached hydrogen (secondary N) is 1. The van der Waals surface area contributed by atoms with Crippen LogP contribution in [0.15, 0.2) is 16.8 Å². The standard InChI is InChI=1S/C11H13NOS/c1-3-4-11(13)12-7-9(2)10-5-6-14-8-10/h5-6,8-9H,7H2,1-2H3,(H,12,13). The zero-order valence-corrected chi connectivity index (χ0v) is 9.15. The second kappa shape index (κ2) is 5.46. The van der Waals surface area contributed by atoms with Crippen molar-refractivity contribution in [2.45, 2.75) is 19.8 Å². The van der Waals surface area contributed by atoms with Gasteiger partial charge in [0.25, 0.3) is 5.91 Å². The molecule has 1 rings (SSSR count). The largest absolute Gasteiger partial charge is 0.345 e. The summed E-state index contributed by atoms with van der Waals surface area (Å²) in [4.78, 5) is 11.0. The van der Waals surface area contributed by atoms with E-state index in [-0.39, 0.29) is 5.91 Å². The molecule has 0 radical (unpaired) electrons. The van der Waals surface area contributed by atoms with Gasteiger partial charge in [-0.05, 0) is 41.2 Å². The molecule has 0 aliphatic heterocycles. The molecule has 0 saturated heterocycles. The topological polar surface area (TPSA) is 29.1 Å². The number of hydrogen-bond acceptors (Lipinski definition) is 2. The van der Waals surface area contributed by atoms with Crippen molar-refractivity contribution in [2.24, 2.45) is 0 Å². The lowest BCUT2D eigenvalue weighted by molar-refractivity contribution is -0.115. The third kappa shape index (κ3) is 3.23. The summed E-state index contributed by atoms with van der Waals surface area (Å²) in [5, 5.41) is 6.90. The summed E-state index contributed by atoms with van der Waals surface area (Å²) < 4.78 is 0. The van der Waals surface area contributed by atoms with Crippen molar-refractivity contribution in [1.29, 1.82) is 0 Å². The smallest absolute Gasteiger partial charge is 0.295 e. The molecule has 0 aliphatic carbocycles. The first kappa shape index (κ1) is 10.8. The molecule has 2 nitrogen and oxygen atoms in total. The molecule has 14 heavy (non-hydrogen) atoms. The molecule has 0 saturated carbocycles. The van der Waals surface area contributed by atoms with E-state index in [0.29, 0.717) is 12.5 Å². The molecular weight excluding hydrogens is 194 g/mol. The summed E-state index contributed by atoms with van der Waals surface area (Å²) in [6.45, 7) is 4.38. The molecule has 1 heterocycles. The third-order valence-corrected chi connectivity index (χ3v) is 2.62. The van der Waals surface area contributed by atoms with Crippen molar-refractivity contribution in [1.82, 2.24) is 5.32 Å². The SMILES string of the molecule is CC#CC(=O)NCC(C)c1ccsc1. The van der Waals surface area contributed by atoms with E-state index in [1.54, 1.807) is 18.3 Å². The van der Waals surface area contributed by atoms with Gasteiger partial charge in [0.2, 0.25) is 0 Å². The maximum absolute atomic E-state index is 11.0. The maximum Gasteiger partial charge on any atom is 0.295 e. The van der Waals surface area contributed by atoms with Crippen molar-refractivity contribution in [2.75, 3.05) is 6.54 Å². The van der Waals surface area contributed by atoms with E-state index in [0.717, 1.165) is 0 Å². The molecular formula is C11H13NOS. The normalized spacial score (nSPS) is 11.3. The fraction of sp³-hybridized carbons (Fsp3) is 0.364. The van der Waals surface area contributed by atoms with E-state index in [4.69, 9.17) is 0 Å². The molecule has 3 heteroatoms. The quantitative estimate of drug-likeness (QED) is 0.755. The van der Waals surface area contributed by atoms with Crippen LogP contribution in [0.25, 0.3) is 0 Å². The molecule has 1 N–H and O–H groups in total. The highest BCUT2D eigenvalue weighted by Gasteiger charge is 2.06. The second-order valence-corrected chi connectivity index (χ2v) is 3.82. The predicted molar refractivity (Wildman–Crippen MR) is 59.2 cm³/mol. The summed E-state index contributed by atoms with van der Waals surface area (Å²) in [5.41, 5.74) is 1.26. The average molecular weight is 207 g/mol. The van der Waals surface area contributed by atoms with Crippen LogP contribution in [0.3, 0.4) is 0 Å². The first-order valence-corrected chi connectivity index (χ1v) is 5.41. The highest BCUT2D eigenvalue weighted by Crippen LogP contribution is 2.16. The van der Waals surface area contributed by atoms with E-state index >= 15 is 0 Å². The Balaban J connectivity index is 2.38. The predicted octanol–water partition coefficient (Wildman–Crippen LogP) is 1.99.